The van der Waals surface area contributed by atoms with Gasteiger partial charge in [-0.25, -0.2) is 4.68 Å². The van der Waals surface area contributed by atoms with Gasteiger partial charge in [-0.3, -0.25) is 0 Å². The monoisotopic (exact) mass is 248 g/mol. The topological polar surface area (TPSA) is 105 Å². The van der Waals surface area contributed by atoms with E-state index in [0.29, 0.717) is 23.7 Å². The highest BCUT2D eigenvalue weighted by molar-refractivity contribution is 5.67. The molecular formula is C11H16N6O. The van der Waals surface area contributed by atoms with Crippen molar-refractivity contribution < 1.29 is 4.74 Å². The first-order chi connectivity index (χ1) is 8.60. The first kappa shape index (κ1) is 12.3. The van der Waals surface area contributed by atoms with Gasteiger partial charge < -0.3 is 16.2 Å². The van der Waals surface area contributed by atoms with Crippen molar-refractivity contribution in [3.8, 4) is 11.4 Å². The van der Waals surface area contributed by atoms with Crippen LogP contribution in [0.25, 0.3) is 11.4 Å². The fraction of sp³-hybridized carbons (Fsp3) is 0.364. The molecule has 0 saturated heterocycles. The molecule has 0 fully saturated rings. The largest absolute Gasteiger partial charge is 0.399 e. The van der Waals surface area contributed by atoms with Crippen LogP contribution >= 0.6 is 0 Å². The second-order valence-corrected chi connectivity index (χ2v) is 4.12. The molecule has 1 heterocycles. The quantitative estimate of drug-likeness (QED) is 0.765. The lowest BCUT2D eigenvalue weighted by Gasteiger charge is -2.10. The molecule has 18 heavy (non-hydrogen) atoms. The Balaban J connectivity index is 2.36. The van der Waals surface area contributed by atoms with Crippen LogP contribution in [0.1, 0.15) is 6.92 Å². The van der Waals surface area contributed by atoms with Crippen LogP contribution in [0.2, 0.25) is 0 Å². The maximum absolute atomic E-state index is 5.76. The third-order valence-corrected chi connectivity index (χ3v) is 2.60. The highest BCUT2D eigenvalue weighted by Crippen LogP contribution is 2.22. The van der Waals surface area contributed by atoms with Gasteiger partial charge in [-0.1, -0.05) is 0 Å². The predicted octanol–water partition coefficient (Wildman–Crippen LogP) is 0.539. The van der Waals surface area contributed by atoms with Crippen molar-refractivity contribution in [2.24, 2.45) is 0 Å². The second-order valence-electron chi connectivity index (χ2n) is 4.12. The highest BCUT2D eigenvalue weighted by Gasteiger charge is 2.12. The van der Waals surface area contributed by atoms with Gasteiger partial charge in [0.1, 0.15) is 0 Å². The average Bonchev–Trinajstić information content (AvgIpc) is 2.75. The summed E-state index contributed by atoms with van der Waals surface area (Å²) in [7, 11) is 1.65. The number of nitrogens with two attached hydrogens (primary N) is 2. The van der Waals surface area contributed by atoms with Crippen molar-refractivity contribution in [3.05, 3.63) is 18.2 Å². The summed E-state index contributed by atoms with van der Waals surface area (Å²) in [6.45, 7) is 2.51. The summed E-state index contributed by atoms with van der Waals surface area (Å²) in [6, 6.07) is 5.27. The third-order valence-electron chi connectivity index (χ3n) is 2.60. The highest BCUT2D eigenvalue weighted by atomic mass is 16.5. The van der Waals surface area contributed by atoms with E-state index in [1.807, 2.05) is 6.92 Å². The Labute approximate surface area is 105 Å². The predicted molar refractivity (Wildman–Crippen MR) is 68.5 cm³/mol. The normalized spacial score (nSPS) is 12.6. The molecule has 1 atom stereocenters. The lowest BCUT2D eigenvalue weighted by Crippen LogP contribution is -2.16. The molecular weight excluding hydrogens is 232 g/mol. The van der Waals surface area contributed by atoms with E-state index in [-0.39, 0.29) is 6.10 Å². The van der Waals surface area contributed by atoms with Crippen LogP contribution in [0, 0.1) is 0 Å². The van der Waals surface area contributed by atoms with Crippen LogP contribution in [0.4, 0.5) is 11.4 Å². The second kappa shape index (κ2) is 5.01. The van der Waals surface area contributed by atoms with E-state index in [1.54, 1.807) is 30.0 Å². The zero-order chi connectivity index (χ0) is 13.1. The lowest BCUT2D eigenvalue weighted by atomic mass is 10.1. The number of nitrogen functional groups attached to an aromatic ring is 2. The van der Waals surface area contributed by atoms with Crippen LogP contribution in [0.5, 0.6) is 0 Å². The number of hydrogen-bond acceptors (Lipinski definition) is 6. The maximum Gasteiger partial charge on any atom is 0.182 e. The number of ether oxygens (including phenoxy) is 1. The van der Waals surface area contributed by atoms with E-state index in [2.05, 4.69) is 15.5 Å². The molecule has 0 aliphatic rings. The zero-order valence-electron chi connectivity index (χ0n) is 10.4. The van der Waals surface area contributed by atoms with Crippen molar-refractivity contribution in [1.29, 1.82) is 0 Å². The van der Waals surface area contributed by atoms with E-state index < -0.39 is 0 Å². The summed E-state index contributed by atoms with van der Waals surface area (Å²) < 4.78 is 6.87. The number of anilines is 2. The van der Waals surface area contributed by atoms with E-state index in [1.165, 1.54) is 0 Å². The number of tetrazole rings is 1. The summed E-state index contributed by atoms with van der Waals surface area (Å²) in [6.07, 6.45) is 0.0191. The molecule has 1 aromatic carbocycles. The first-order valence-electron chi connectivity index (χ1n) is 5.55. The van der Waals surface area contributed by atoms with Gasteiger partial charge in [0.05, 0.1) is 12.6 Å². The summed E-state index contributed by atoms with van der Waals surface area (Å²) in [5.74, 6) is 0.623. The van der Waals surface area contributed by atoms with Gasteiger partial charge >= 0.3 is 0 Å². The molecule has 0 amide bonds. The average molecular weight is 248 g/mol. The lowest BCUT2D eigenvalue weighted by molar-refractivity contribution is 0.0997. The zero-order valence-corrected chi connectivity index (χ0v) is 10.4. The van der Waals surface area contributed by atoms with Crippen LogP contribution in [0.15, 0.2) is 18.2 Å². The number of hydrogen-bond donors (Lipinski definition) is 2. The Morgan fingerprint density at radius 1 is 1.28 bits per heavy atom. The number of rotatable bonds is 4. The van der Waals surface area contributed by atoms with Gasteiger partial charge in [-0.05, 0) is 35.5 Å². The first-order valence-corrected chi connectivity index (χ1v) is 5.55. The van der Waals surface area contributed by atoms with Crippen LogP contribution in [-0.2, 0) is 11.3 Å². The Bertz CT molecular complexity index is 518. The standard InChI is InChI=1S/C11H16N6O/c1-7(18-2)6-17-11(14-15-16-17)8-3-9(12)5-10(13)4-8/h3-5,7H,6,12-13H2,1-2H3. The Hall–Kier alpha value is -2.15. The summed E-state index contributed by atoms with van der Waals surface area (Å²) in [5, 5.41) is 11.6. The maximum atomic E-state index is 5.76. The van der Waals surface area contributed by atoms with Gasteiger partial charge in [0.2, 0.25) is 0 Å². The van der Waals surface area contributed by atoms with Gasteiger partial charge in [-0.2, -0.15) is 0 Å². The van der Waals surface area contributed by atoms with Crippen LogP contribution in [-0.4, -0.2) is 33.4 Å². The molecule has 1 aromatic heterocycles. The molecule has 0 saturated carbocycles. The fourth-order valence-corrected chi connectivity index (χ4v) is 1.66. The number of benzene rings is 1. The molecule has 0 radical (unpaired) electrons. The summed E-state index contributed by atoms with van der Waals surface area (Å²) >= 11 is 0. The van der Waals surface area contributed by atoms with Crippen molar-refractivity contribution >= 4 is 11.4 Å². The number of nitrogens with zero attached hydrogens (tertiary/aromatic N) is 4. The summed E-state index contributed by atoms with van der Waals surface area (Å²) in [5.41, 5.74) is 13.5. The molecule has 2 rings (SSSR count). The van der Waals surface area contributed by atoms with Gasteiger partial charge in [0, 0.05) is 24.0 Å². The minimum Gasteiger partial charge on any atom is -0.399 e. The van der Waals surface area contributed by atoms with Crippen molar-refractivity contribution in [3.63, 3.8) is 0 Å². The molecule has 0 aliphatic heterocycles. The molecule has 4 N–H and O–H groups in total. The minimum absolute atomic E-state index is 0.0191. The molecule has 0 bridgehead atoms. The molecule has 7 heteroatoms. The van der Waals surface area contributed by atoms with Crippen molar-refractivity contribution in [2.45, 2.75) is 19.6 Å². The molecule has 7 nitrogen and oxygen atoms in total. The Kier molecular flexibility index (Phi) is 3.42. The third kappa shape index (κ3) is 2.57. The minimum atomic E-state index is 0.0191. The van der Waals surface area contributed by atoms with Crippen molar-refractivity contribution in [1.82, 2.24) is 20.2 Å². The Morgan fingerprint density at radius 2 is 1.94 bits per heavy atom. The fourth-order valence-electron chi connectivity index (χ4n) is 1.66. The van der Waals surface area contributed by atoms with E-state index in [0.717, 1.165) is 5.56 Å². The van der Waals surface area contributed by atoms with Crippen LogP contribution < -0.4 is 11.5 Å². The van der Waals surface area contributed by atoms with Crippen LogP contribution in [0.3, 0.4) is 0 Å². The molecule has 1 unspecified atom stereocenters. The molecule has 2 aromatic rings. The smallest absolute Gasteiger partial charge is 0.182 e. The number of methoxy groups -OCH3 is 1. The molecule has 0 aliphatic carbocycles. The number of aromatic nitrogens is 4. The Morgan fingerprint density at radius 3 is 2.56 bits per heavy atom. The van der Waals surface area contributed by atoms with E-state index in [9.17, 15) is 0 Å². The van der Waals surface area contributed by atoms with E-state index >= 15 is 0 Å². The summed E-state index contributed by atoms with van der Waals surface area (Å²) in [4.78, 5) is 0. The van der Waals surface area contributed by atoms with Gasteiger partial charge in [-0.15, -0.1) is 5.10 Å². The van der Waals surface area contributed by atoms with Gasteiger partial charge in [0.25, 0.3) is 0 Å². The molecule has 96 valence electrons. The SMILES string of the molecule is COC(C)Cn1nnnc1-c1cc(N)cc(N)c1. The van der Waals surface area contributed by atoms with E-state index in [4.69, 9.17) is 16.2 Å². The molecule has 0 spiro atoms. The van der Waals surface area contributed by atoms with Gasteiger partial charge in [0.15, 0.2) is 5.82 Å². The van der Waals surface area contributed by atoms with Crippen molar-refractivity contribution in [2.75, 3.05) is 18.6 Å².